The van der Waals surface area contributed by atoms with Crippen LogP contribution in [0.2, 0.25) is 5.02 Å². The molecule has 2 fully saturated rings. The Morgan fingerprint density at radius 3 is 2.75 bits per heavy atom. The molecule has 1 aromatic carbocycles. The Morgan fingerprint density at radius 1 is 1.21 bits per heavy atom. The van der Waals surface area contributed by atoms with Crippen molar-refractivity contribution in [2.24, 2.45) is 0 Å². The van der Waals surface area contributed by atoms with Crippen molar-refractivity contribution in [1.29, 1.82) is 0 Å². The van der Waals surface area contributed by atoms with Crippen molar-refractivity contribution in [3.63, 3.8) is 0 Å². The summed E-state index contributed by atoms with van der Waals surface area (Å²) in [5.41, 5.74) is 1.23. The van der Waals surface area contributed by atoms with Gasteiger partial charge in [0.25, 0.3) is 5.91 Å². The number of rotatable bonds is 2. The van der Waals surface area contributed by atoms with E-state index in [1.165, 1.54) is 6.42 Å². The molecule has 0 spiro atoms. The summed E-state index contributed by atoms with van der Waals surface area (Å²) in [5.74, 6) is 0.530. The minimum absolute atomic E-state index is 0. The number of nitrogens with zero attached hydrogens (tertiary/aromatic N) is 2. The van der Waals surface area contributed by atoms with Gasteiger partial charge in [0.05, 0.1) is 0 Å². The number of amides is 1. The van der Waals surface area contributed by atoms with Crippen molar-refractivity contribution in [1.82, 2.24) is 15.4 Å². The van der Waals surface area contributed by atoms with E-state index in [4.69, 9.17) is 16.1 Å². The molecule has 4 rings (SSSR count). The zero-order chi connectivity index (χ0) is 15.8. The number of nitrogens with one attached hydrogen (secondary N) is 1. The first-order chi connectivity index (χ1) is 11.2. The zero-order valence-electron chi connectivity index (χ0n) is 13.1. The van der Waals surface area contributed by atoms with Crippen molar-refractivity contribution >= 4 is 29.9 Å². The fourth-order valence-corrected chi connectivity index (χ4v) is 3.54. The first-order valence-corrected chi connectivity index (χ1v) is 8.35. The zero-order valence-corrected chi connectivity index (χ0v) is 14.6. The van der Waals surface area contributed by atoms with Gasteiger partial charge in [0, 0.05) is 41.8 Å². The molecule has 2 atom stereocenters. The Kier molecular flexibility index (Phi) is 5.13. The Morgan fingerprint density at radius 2 is 1.96 bits per heavy atom. The van der Waals surface area contributed by atoms with Gasteiger partial charge >= 0.3 is 0 Å². The van der Waals surface area contributed by atoms with Crippen LogP contribution in [0.4, 0.5) is 0 Å². The van der Waals surface area contributed by atoms with Gasteiger partial charge in [0.1, 0.15) is 0 Å². The largest absolute Gasteiger partial charge is 0.355 e. The smallest absolute Gasteiger partial charge is 0.276 e. The highest BCUT2D eigenvalue weighted by atomic mass is 35.5. The average molecular weight is 368 g/mol. The van der Waals surface area contributed by atoms with Gasteiger partial charge in [-0.3, -0.25) is 4.79 Å². The quantitative estimate of drug-likeness (QED) is 0.883. The van der Waals surface area contributed by atoms with Gasteiger partial charge in [0.2, 0.25) is 0 Å². The molecule has 2 aliphatic heterocycles. The van der Waals surface area contributed by atoms with Crippen LogP contribution < -0.4 is 5.32 Å². The van der Waals surface area contributed by atoms with E-state index in [0.717, 1.165) is 31.5 Å². The third-order valence-electron chi connectivity index (χ3n) is 4.67. The highest BCUT2D eigenvalue weighted by Gasteiger charge is 2.32. The normalized spacial score (nSPS) is 22.8. The van der Waals surface area contributed by atoms with E-state index in [0.29, 0.717) is 28.6 Å². The van der Waals surface area contributed by atoms with Crippen molar-refractivity contribution < 1.29 is 9.32 Å². The van der Waals surface area contributed by atoms with Gasteiger partial charge in [0.15, 0.2) is 11.5 Å². The van der Waals surface area contributed by atoms with Crippen LogP contribution in [-0.2, 0) is 0 Å². The van der Waals surface area contributed by atoms with Crippen molar-refractivity contribution in [3.8, 4) is 11.3 Å². The SMILES string of the molecule is Cl.O=C(c1cc(-c2ccc(Cl)cc2)on1)N1CCC2CCC(C1)N2. The second-order valence-corrected chi connectivity index (χ2v) is 6.70. The molecular formula is C17H19Cl2N3O2. The van der Waals surface area contributed by atoms with Crippen molar-refractivity contribution in [2.45, 2.75) is 31.3 Å². The molecule has 24 heavy (non-hydrogen) atoms. The van der Waals surface area contributed by atoms with E-state index in [1.807, 2.05) is 17.0 Å². The van der Waals surface area contributed by atoms with Gasteiger partial charge < -0.3 is 14.7 Å². The summed E-state index contributed by atoms with van der Waals surface area (Å²) >= 11 is 5.89. The van der Waals surface area contributed by atoms with E-state index >= 15 is 0 Å². The number of halogens is 2. The van der Waals surface area contributed by atoms with Crippen LogP contribution in [0.5, 0.6) is 0 Å². The number of likely N-dealkylation sites (tertiary alicyclic amines) is 1. The van der Waals surface area contributed by atoms with Crippen LogP contribution in [0.15, 0.2) is 34.9 Å². The Balaban J connectivity index is 0.00000169. The van der Waals surface area contributed by atoms with Crippen molar-refractivity contribution in [2.75, 3.05) is 13.1 Å². The predicted octanol–water partition coefficient (Wildman–Crippen LogP) is 3.38. The lowest BCUT2D eigenvalue weighted by atomic mass is 10.1. The molecule has 2 bridgehead atoms. The average Bonchev–Trinajstić information content (AvgIpc) is 3.14. The molecule has 7 heteroatoms. The summed E-state index contributed by atoms with van der Waals surface area (Å²) in [6, 6.07) is 9.96. The molecule has 1 amide bonds. The summed E-state index contributed by atoms with van der Waals surface area (Å²) in [6.07, 6.45) is 3.37. The molecule has 0 radical (unpaired) electrons. The van der Waals surface area contributed by atoms with Crippen LogP contribution in [0.25, 0.3) is 11.3 Å². The lowest BCUT2D eigenvalue weighted by Gasteiger charge is -2.23. The van der Waals surface area contributed by atoms with E-state index in [-0.39, 0.29) is 18.3 Å². The highest BCUT2D eigenvalue weighted by Crippen LogP contribution is 2.24. The third kappa shape index (κ3) is 3.43. The van der Waals surface area contributed by atoms with E-state index in [9.17, 15) is 4.79 Å². The van der Waals surface area contributed by atoms with Gasteiger partial charge in [-0.1, -0.05) is 16.8 Å². The standard InChI is InChI=1S/C17H18ClN3O2.ClH/c18-12-3-1-11(2-4-12)16-9-15(20-23-16)17(22)21-8-7-13-5-6-14(10-21)19-13;/h1-4,9,13-14,19H,5-8,10H2;1H. The van der Waals surface area contributed by atoms with Crippen LogP contribution in [0.3, 0.4) is 0 Å². The number of carbonyl (C=O) groups is 1. The number of fused-ring (bicyclic) bond motifs is 2. The second-order valence-electron chi connectivity index (χ2n) is 6.26. The summed E-state index contributed by atoms with van der Waals surface area (Å²) in [4.78, 5) is 14.6. The predicted molar refractivity (Wildman–Crippen MR) is 94.7 cm³/mol. The molecule has 2 aliphatic rings. The summed E-state index contributed by atoms with van der Waals surface area (Å²) < 4.78 is 5.34. The Bertz CT molecular complexity index is 717. The molecule has 128 valence electrons. The topological polar surface area (TPSA) is 58.4 Å². The minimum Gasteiger partial charge on any atom is -0.355 e. The Labute approximate surface area is 151 Å². The minimum atomic E-state index is -0.0525. The van der Waals surface area contributed by atoms with Gasteiger partial charge in [-0.25, -0.2) is 0 Å². The van der Waals surface area contributed by atoms with Gasteiger partial charge in [-0.15, -0.1) is 12.4 Å². The van der Waals surface area contributed by atoms with E-state index in [1.54, 1.807) is 18.2 Å². The molecular weight excluding hydrogens is 349 g/mol. The molecule has 5 nitrogen and oxygen atoms in total. The lowest BCUT2D eigenvalue weighted by Crippen LogP contribution is -2.39. The van der Waals surface area contributed by atoms with E-state index < -0.39 is 0 Å². The molecule has 0 saturated carbocycles. The van der Waals surface area contributed by atoms with Gasteiger partial charge in [-0.05, 0) is 43.5 Å². The molecule has 1 aromatic heterocycles. The number of hydrogen-bond acceptors (Lipinski definition) is 4. The monoisotopic (exact) mass is 367 g/mol. The van der Waals surface area contributed by atoms with E-state index in [2.05, 4.69) is 10.5 Å². The molecule has 2 saturated heterocycles. The number of hydrogen-bond donors (Lipinski definition) is 1. The number of carbonyl (C=O) groups excluding carboxylic acids is 1. The van der Waals surface area contributed by atoms with Gasteiger partial charge in [-0.2, -0.15) is 0 Å². The van der Waals surface area contributed by atoms with Crippen LogP contribution >= 0.6 is 24.0 Å². The maximum Gasteiger partial charge on any atom is 0.276 e. The Hall–Kier alpha value is -1.56. The summed E-state index contributed by atoms with van der Waals surface area (Å²) in [7, 11) is 0. The highest BCUT2D eigenvalue weighted by molar-refractivity contribution is 6.30. The molecule has 3 heterocycles. The van der Waals surface area contributed by atoms with Crippen molar-refractivity contribution in [3.05, 3.63) is 41.0 Å². The number of aromatic nitrogens is 1. The first-order valence-electron chi connectivity index (χ1n) is 7.97. The summed E-state index contributed by atoms with van der Waals surface area (Å²) in [5, 5.41) is 8.20. The fourth-order valence-electron chi connectivity index (χ4n) is 3.42. The maximum absolute atomic E-state index is 12.7. The summed E-state index contributed by atoms with van der Waals surface area (Å²) in [6.45, 7) is 1.52. The third-order valence-corrected chi connectivity index (χ3v) is 4.92. The maximum atomic E-state index is 12.7. The number of benzene rings is 1. The van der Waals surface area contributed by atoms with Crippen LogP contribution in [0, 0.1) is 0 Å². The molecule has 2 aromatic rings. The second kappa shape index (κ2) is 7.13. The van der Waals surface area contributed by atoms with Crippen LogP contribution in [0.1, 0.15) is 29.8 Å². The fraction of sp³-hybridized carbons (Fsp3) is 0.412. The lowest BCUT2D eigenvalue weighted by molar-refractivity contribution is 0.0738. The molecule has 0 aliphatic carbocycles. The first kappa shape index (κ1) is 17.3. The van der Waals surface area contributed by atoms with Crippen LogP contribution in [-0.4, -0.2) is 41.1 Å². The molecule has 2 unspecified atom stereocenters. The molecule has 1 N–H and O–H groups in total.